The second-order valence-electron chi connectivity index (χ2n) is 5.47. The molecule has 6 nitrogen and oxygen atoms in total. The van der Waals surface area contributed by atoms with Crippen molar-refractivity contribution < 1.29 is 23.9 Å². The Morgan fingerprint density at radius 3 is 1.92 bits per heavy atom. The Hall–Kier alpha value is -3.41. The molecule has 0 bridgehead atoms. The van der Waals surface area contributed by atoms with E-state index in [4.69, 9.17) is 0 Å². The third-order valence-corrected chi connectivity index (χ3v) is 3.57. The van der Waals surface area contributed by atoms with Crippen LogP contribution in [0, 0.1) is 0 Å². The van der Waals surface area contributed by atoms with Crippen LogP contribution in [0.5, 0.6) is 0 Å². The third-order valence-electron chi connectivity index (χ3n) is 3.57. The predicted molar refractivity (Wildman–Crippen MR) is 97.8 cm³/mol. The smallest absolute Gasteiger partial charge is 0.337 e. The van der Waals surface area contributed by atoms with E-state index in [9.17, 15) is 14.4 Å². The first kappa shape index (κ1) is 18.9. The van der Waals surface area contributed by atoms with E-state index < -0.39 is 11.9 Å². The van der Waals surface area contributed by atoms with Gasteiger partial charge in [0.15, 0.2) is 0 Å². The summed E-state index contributed by atoms with van der Waals surface area (Å²) in [7, 11) is 2.47. The van der Waals surface area contributed by atoms with Crippen molar-refractivity contribution in [1.82, 2.24) is 0 Å². The number of anilines is 1. The Labute approximate surface area is 151 Å². The SMILES string of the molecule is COC(=O)c1cc(NC(=O)/C(C)=C/c2ccccc2)cc(C(=O)OC)c1. The van der Waals surface area contributed by atoms with Crippen LogP contribution in [0.25, 0.3) is 6.08 Å². The van der Waals surface area contributed by atoms with Crippen LogP contribution in [-0.2, 0) is 14.3 Å². The van der Waals surface area contributed by atoms with E-state index >= 15 is 0 Å². The molecule has 2 aromatic carbocycles. The summed E-state index contributed by atoms with van der Waals surface area (Å²) in [5.74, 6) is -1.60. The summed E-state index contributed by atoms with van der Waals surface area (Å²) < 4.78 is 9.35. The molecule has 0 aromatic heterocycles. The summed E-state index contributed by atoms with van der Waals surface area (Å²) in [5, 5.41) is 2.68. The van der Waals surface area contributed by atoms with Crippen LogP contribution in [0.1, 0.15) is 33.2 Å². The van der Waals surface area contributed by atoms with E-state index in [1.54, 1.807) is 13.0 Å². The average Bonchev–Trinajstić information content (AvgIpc) is 2.67. The Kier molecular flexibility index (Phi) is 6.27. The maximum absolute atomic E-state index is 12.4. The monoisotopic (exact) mass is 353 g/mol. The van der Waals surface area contributed by atoms with Crippen LogP contribution in [0.15, 0.2) is 54.1 Å². The zero-order chi connectivity index (χ0) is 19.1. The Morgan fingerprint density at radius 2 is 1.42 bits per heavy atom. The van der Waals surface area contributed by atoms with E-state index in [2.05, 4.69) is 14.8 Å². The minimum atomic E-state index is -0.622. The van der Waals surface area contributed by atoms with Crippen LogP contribution in [-0.4, -0.2) is 32.1 Å². The molecule has 1 amide bonds. The van der Waals surface area contributed by atoms with Gasteiger partial charge in [-0.05, 0) is 36.8 Å². The lowest BCUT2D eigenvalue weighted by Crippen LogP contribution is -2.14. The highest BCUT2D eigenvalue weighted by atomic mass is 16.5. The van der Waals surface area contributed by atoms with E-state index in [1.165, 1.54) is 32.4 Å². The summed E-state index contributed by atoms with van der Waals surface area (Å²) in [5.41, 5.74) is 1.92. The Bertz CT molecular complexity index is 822. The zero-order valence-electron chi connectivity index (χ0n) is 14.7. The maximum Gasteiger partial charge on any atom is 0.337 e. The summed E-state index contributed by atoms with van der Waals surface area (Å²) >= 11 is 0. The van der Waals surface area contributed by atoms with Gasteiger partial charge in [0.2, 0.25) is 0 Å². The van der Waals surface area contributed by atoms with Gasteiger partial charge in [0.1, 0.15) is 0 Å². The molecule has 2 rings (SSSR count). The molecule has 0 heterocycles. The number of ether oxygens (including phenoxy) is 2. The molecule has 2 aromatic rings. The Balaban J connectivity index is 2.29. The first-order valence-corrected chi connectivity index (χ1v) is 7.81. The highest BCUT2D eigenvalue weighted by Crippen LogP contribution is 2.18. The molecule has 0 aliphatic rings. The van der Waals surface area contributed by atoms with Crippen molar-refractivity contribution in [3.05, 3.63) is 70.8 Å². The fourth-order valence-electron chi connectivity index (χ4n) is 2.27. The van der Waals surface area contributed by atoms with Crippen LogP contribution in [0.2, 0.25) is 0 Å². The quantitative estimate of drug-likeness (QED) is 0.659. The fourth-order valence-corrected chi connectivity index (χ4v) is 2.27. The van der Waals surface area contributed by atoms with Gasteiger partial charge in [0, 0.05) is 11.3 Å². The first-order valence-electron chi connectivity index (χ1n) is 7.81. The van der Waals surface area contributed by atoms with Crippen LogP contribution < -0.4 is 5.32 Å². The van der Waals surface area contributed by atoms with E-state index in [0.717, 1.165) is 5.56 Å². The predicted octanol–water partition coefficient (Wildman–Crippen LogP) is 3.30. The van der Waals surface area contributed by atoms with Gasteiger partial charge < -0.3 is 14.8 Å². The van der Waals surface area contributed by atoms with Crippen molar-refractivity contribution in [1.29, 1.82) is 0 Å². The number of methoxy groups -OCH3 is 2. The van der Waals surface area contributed by atoms with Crippen molar-refractivity contribution in [3.63, 3.8) is 0 Å². The number of nitrogens with one attached hydrogen (secondary N) is 1. The number of hydrogen-bond acceptors (Lipinski definition) is 5. The van der Waals surface area contributed by atoms with Crippen LogP contribution in [0.4, 0.5) is 5.69 Å². The molecule has 0 spiro atoms. The molecule has 1 N–H and O–H groups in total. The van der Waals surface area contributed by atoms with Gasteiger partial charge in [-0.25, -0.2) is 9.59 Å². The third kappa shape index (κ3) is 4.80. The van der Waals surface area contributed by atoms with Gasteiger partial charge >= 0.3 is 11.9 Å². The van der Waals surface area contributed by atoms with Gasteiger partial charge in [0.05, 0.1) is 25.3 Å². The molecule has 0 unspecified atom stereocenters. The highest BCUT2D eigenvalue weighted by Gasteiger charge is 2.15. The summed E-state index contributed by atoms with van der Waals surface area (Å²) in [6, 6.07) is 13.6. The van der Waals surface area contributed by atoms with E-state index in [1.807, 2.05) is 30.3 Å². The van der Waals surface area contributed by atoms with E-state index in [-0.39, 0.29) is 17.0 Å². The number of amides is 1. The molecule has 26 heavy (non-hydrogen) atoms. The van der Waals surface area contributed by atoms with Crippen molar-refractivity contribution in [3.8, 4) is 0 Å². The molecule has 0 saturated heterocycles. The number of hydrogen-bond donors (Lipinski definition) is 1. The lowest BCUT2D eigenvalue weighted by atomic mass is 10.1. The topological polar surface area (TPSA) is 81.7 Å². The lowest BCUT2D eigenvalue weighted by Gasteiger charge is -2.10. The fraction of sp³-hybridized carbons (Fsp3) is 0.150. The van der Waals surface area contributed by atoms with Crippen LogP contribution >= 0.6 is 0 Å². The molecule has 0 aliphatic carbocycles. The lowest BCUT2D eigenvalue weighted by molar-refractivity contribution is -0.112. The molecular weight excluding hydrogens is 334 g/mol. The number of rotatable bonds is 5. The second kappa shape index (κ2) is 8.62. The molecule has 6 heteroatoms. The molecule has 134 valence electrons. The normalized spacial score (nSPS) is 10.8. The number of esters is 2. The summed E-state index contributed by atoms with van der Waals surface area (Å²) in [6.45, 7) is 1.67. The van der Waals surface area contributed by atoms with Crippen LogP contribution in [0.3, 0.4) is 0 Å². The van der Waals surface area contributed by atoms with Crippen molar-refractivity contribution in [2.75, 3.05) is 19.5 Å². The second-order valence-corrected chi connectivity index (χ2v) is 5.47. The molecule has 0 aliphatic heterocycles. The van der Waals surface area contributed by atoms with Gasteiger partial charge in [-0.2, -0.15) is 0 Å². The Morgan fingerprint density at radius 1 is 0.885 bits per heavy atom. The van der Waals surface area contributed by atoms with Gasteiger partial charge in [-0.1, -0.05) is 30.3 Å². The molecular formula is C20H19NO5. The van der Waals surface area contributed by atoms with Crippen molar-refractivity contribution in [2.45, 2.75) is 6.92 Å². The first-order chi connectivity index (χ1) is 12.4. The zero-order valence-corrected chi connectivity index (χ0v) is 14.7. The molecule has 0 fully saturated rings. The molecule has 0 saturated carbocycles. The number of benzene rings is 2. The van der Waals surface area contributed by atoms with Gasteiger partial charge in [0.25, 0.3) is 5.91 Å². The van der Waals surface area contributed by atoms with E-state index in [0.29, 0.717) is 11.3 Å². The van der Waals surface area contributed by atoms with Gasteiger partial charge in [-0.3, -0.25) is 4.79 Å². The van der Waals surface area contributed by atoms with Crippen molar-refractivity contribution in [2.24, 2.45) is 0 Å². The molecule has 0 atom stereocenters. The summed E-state index contributed by atoms with van der Waals surface area (Å²) in [6.07, 6.45) is 1.74. The molecule has 0 radical (unpaired) electrons. The van der Waals surface area contributed by atoms with Crippen molar-refractivity contribution >= 4 is 29.6 Å². The summed E-state index contributed by atoms with van der Waals surface area (Å²) in [4.78, 5) is 36.0. The minimum Gasteiger partial charge on any atom is -0.465 e. The average molecular weight is 353 g/mol. The standard InChI is InChI=1S/C20H19NO5/c1-13(9-14-7-5-4-6-8-14)18(22)21-17-11-15(19(23)25-2)10-16(12-17)20(24)26-3/h4-12H,1-3H3,(H,21,22)/b13-9+. The minimum absolute atomic E-state index is 0.135. The number of carbonyl (C=O) groups excluding carboxylic acids is 3. The largest absolute Gasteiger partial charge is 0.465 e. The number of carbonyl (C=O) groups is 3. The highest BCUT2D eigenvalue weighted by molar-refractivity contribution is 6.07. The van der Waals surface area contributed by atoms with Gasteiger partial charge in [-0.15, -0.1) is 0 Å². The maximum atomic E-state index is 12.4.